The van der Waals surface area contributed by atoms with Crippen molar-refractivity contribution >= 4 is 6.03 Å². The van der Waals surface area contributed by atoms with Gasteiger partial charge in [0, 0.05) is 25.7 Å². The predicted octanol–water partition coefficient (Wildman–Crippen LogP) is 1.96. The lowest BCUT2D eigenvalue weighted by molar-refractivity contribution is 0.206. The number of fused-ring (bicyclic) bond motifs is 1. The summed E-state index contributed by atoms with van der Waals surface area (Å²) in [6, 6.07) is 10.4. The number of rotatable bonds is 2. The zero-order valence-corrected chi connectivity index (χ0v) is 11.8. The number of carbonyl (C=O) groups excluding carboxylic acids is 1. The number of carbonyl (C=O) groups is 1. The first-order valence-electron chi connectivity index (χ1n) is 7.54. The molecule has 0 radical (unpaired) electrons. The second-order valence-corrected chi connectivity index (χ2v) is 6.14. The molecule has 1 saturated carbocycles. The Kier molecular flexibility index (Phi) is 3.92. The van der Waals surface area contributed by atoms with E-state index >= 15 is 0 Å². The third kappa shape index (κ3) is 2.96. The van der Waals surface area contributed by atoms with Crippen LogP contribution in [0.2, 0.25) is 0 Å². The van der Waals surface area contributed by atoms with Gasteiger partial charge in [-0.15, -0.1) is 0 Å². The fraction of sp³-hybridized carbons (Fsp3) is 0.562. The Hall–Kier alpha value is -1.55. The number of benzene rings is 1. The Balaban J connectivity index is 1.51. The van der Waals surface area contributed by atoms with Crippen molar-refractivity contribution in [3.63, 3.8) is 0 Å². The minimum Gasteiger partial charge on any atom is -0.334 e. The van der Waals surface area contributed by atoms with Gasteiger partial charge >= 0.3 is 6.03 Å². The van der Waals surface area contributed by atoms with Gasteiger partial charge in [-0.05, 0) is 36.7 Å². The van der Waals surface area contributed by atoms with Crippen LogP contribution in [0.25, 0.3) is 0 Å². The summed E-state index contributed by atoms with van der Waals surface area (Å²) >= 11 is 0. The average molecular weight is 273 g/mol. The first-order valence-corrected chi connectivity index (χ1v) is 7.54. The van der Waals surface area contributed by atoms with Crippen molar-refractivity contribution in [1.29, 1.82) is 0 Å². The summed E-state index contributed by atoms with van der Waals surface area (Å²) in [5.41, 5.74) is 7.17. The van der Waals surface area contributed by atoms with Crippen molar-refractivity contribution < 1.29 is 4.79 Å². The molecule has 2 amide bonds. The van der Waals surface area contributed by atoms with Gasteiger partial charge in [0.1, 0.15) is 0 Å². The molecular formula is C16H23N3O. The summed E-state index contributed by atoms with van der Waals surface area (Å²) in [4.78, 5) is 14.2. The zero-order valence-electron chi connectivity index (χ0n) is 11.8. The molecule has 20 heavy (non-hydrogen) atoms. The van der Waals surface area contributed by atoms with Crippen molar-refractivity contribution in [3.05, 3.63) is 35.9 Å². The normalized spacial score (nSPS) is 29.1. The van der Waals surface area contributed by atoms with E-state index in [4.69, 9.17) is 5.73 Å². The van der Waals surface area contributed by atoms with Crippen molar-refractivity contribution in [2.45, 2.75) is 31.8 Å². The molecule has 1 aliphatic heterocycles. The summed E-state index contributed by atoms with van der Waals surface area (Å²) in [5, 5.41) is 3.02. The summed E-state index contributed by atoms with van der Waals surface area (Å²) in [6.45, 7) is 2.38. The van der Waals surface area contributed by atoms with Crippen molar-refractivity contribution in [2.24, 2.45) is 17.6 Å². The number of nitrogens with zero attached hydrogens (tertiary/aromatic N) is 1. The van der Waals surface area contributed by atoms with Crippen LogP contribution in [-0.4, -0.2) is 30.1 Å². The number of likely N-dealkylation sites (tertiary alicyclic amines) is 1. The van der Waals surface area contributed by atoms with Gasteiger partial charge in [0.05, 0.1) is 0 Å². The topological polar surface area (TPSA) is 58.4 Å². The van der Waals surface area contributed by atoms with Gasteiger partial charge < -0.3 is 16.0 Å². The van der Waals surface area contributed by atoms with Crippen LogP contribution in [0.1, 0.15) is 24.8 Å². The molecular weight excluding hydrogens is 250 g/mol. The number of hydrogen-bond acceptors (Lipinski definition) is 2. The van der Waals surface area contributed by atoms with E-state index in [-0.39, 0.29) is 6.03 Å². The Morgan fingerprint density at radius 2 is 1.95 bits per heavy atom. The van der Waals surface area contributed by atoms with Crippen LogP contribution in [0.15, 0.2) is 30.3 Å². The van der Waals surface area contributed by atoms with Gasteiger partial charge in [0.25, 0.3) is 0 Å². The van der Waals surface area contributed by atoms with Crippen LogP contribution >= 0.6 is 0 Å². The third-order valence-electron chi connectivity index (χ3n) is 4.66. The SMILES string of the molecule is NC1CC[C@@H]2CN(C(=O)NCc3ccccc3)C[C@@H]2C1. The van der Waals surface area contributed by atoms with Crippen LogP contribution in [0.4, 0.5) is 4.79 Å². The molecule has 1 aliphatic carbocycles. The highest BCUT2D eigenvalue weighted by Gasteiger charge is 2.38. The summed E-state index contributed by atoms with van der Waals surface area (Å²) in [6.07, 6.45) is 3.36. The number of amides is 2. The summed E-state index contributed by atoms with van der Waals surface area (Å²) in [5.74, 6) is 1.28. The van der Waals surface area contributed by atoms with E-state index in [2.05, 4.69) is 5.32 Å². The lowest BCUT2D eigenvalue weighted by Gasteiger charge is -2.27. The maximum absolute atomic E-state index is 12.2. The molecule has 4 nitrogen and oxygen atoms in total. The number of urea groups is 1. The molecule has 0 aromatic heterocycles. The van der Waals surface area contributed by atoms with E-state index in [1.807, 2.05) is 35.2 Å². The van der Waals surface area contributed by atoms with E-state index < -0.39 is 0 Å². The van der Waals surface area contributed by atoms with E-state index in [1.165, 1.54) is 6.42 Å². The number of nitrogens with two attached hydrogens (primary N) is 1. The van der Waals surface area contributed by atoms with Gasteiger partial charge in [-0.2, -0.15) is 0 Å². The molecule has 2 aliphatic rings. The molecule has 1 saturated heterocycles. The van der Waals surface area contributed by atoms with E-state index in [0.29, 0.717) is 24.4 Å². The minimum atomic E-state index is 0.0665. The van der Waals surface area contributed by atoms with E-state index in [9.17, 15) is 4.79 Å². The quantitative estimate of drug-likeness (QED) is 0.865. The van der Waals surface area contributed by atoms with Crippen LogP contribution in [-0.2, 0) is 6.54 Å². The molecule has 1 aromatic rings. The Labute approximate surface area is 120 Å². The van der Waals surface area contributed by atoms with Crippen LogP contribution < -0.4 is 11.1 Å². The van der Waals surface area contributed by atoms with Gasteiger partial charge in [0.2, 0.25) is 0 Å². The lowest BCUT2D eigenvalue weighted by atomic mass is 9.79. The maximum Gasteiger partial charge on any atom is 0.317 e. The van der Waals surface area contributed by atoms with Crippen LogP contribution in [0, 0.1) is 11.8 Å². The highest BCUT2D eigenvalue weighted by Crippen LogP contribution is 2.35. The molecule has 0 spiro atoms. The first kappa shape index (κ1) is 13.4. The second kappa shape index (κ2) is 5.83. The zero-order chi connectivity index (χ0) is 13.9. The van der Waals surface area contributed by atoms with Gasteiger partial charge in [-0.25, -0.2) is 4.79 Å². The molecule has 3 N–H and O–H groups in total. The molecule has 108 valence electrons. The Bertz CT molecular complexity index is 462. The standard InChI is InChI=1S/C16H23N3O/c17-15-7-6-13-10-19(11-14(13)8-15)16(20)18-9-12-4-2-1-3-5-12/h1-5,13-15H,6-11,17H2,(H,18,20)/t13-,14+,15?/m1/s1. The monoisotopic (exact) mass is 273 g/mol. The van der Waals surface area contributed by atoms with Crippen LogP contribution in [0.3, 0.4) is 0 Å². The fourth-order valence-corrected chi connectivity index (χ4v) is 3.52. The largest absolute Gasteiger partial charge is 0.334 e. The number of hydrogen-bond donors (Lipinski definition) is 2. The predicted molar refractivity (Wildman–Crippen MR) is 79.1 cm³/mol. The number of nitrogens with one attached hydrogen (secondary N) is 1. The molecule has 1 aromatic carbocycles. The maximum atomic E-state index is 12.2. The van der Waals surface area contributed by atoms with Gasteiger partial charge in [-0.3, -0.25) is 0 Å². The molecule has 1 heterocycles. The van der Waals surface area contributed by atoms with Crippen molar-refractivity contribution in [2.75, 3.05) is 13.1 Å². The highest BCUT2D eigenvalue weighted by atomic mass is 16.2. The molecule has 0 bridgehead atoms. The van der Waals surface area contributed by atoms with Crippen molar-refractivity contribution in [1.82, 2.24) is 10.2 Å². The van der Waals surface area contributed by atoms with Gasteiger partial charge in [0.15, 0.2) is 0 Å². The van der Waals surface area contributed by atoms with E-state index in [0.717, 1.165) is 31.5 Å². The minimum absolute atomic E-state index is 0.0665. The summed E-state index contributed by atoms with van der Waals surface area (Å²) < 4.78 is 0. The molecule has 3 atom stereocenters. The lowest BCUT2D eigenvalue weighted by Crippen LogP contribution is -2.38. The molecule has 4 heteroatoms. The molecule has 3 rings (SSSR count). The van der Waals surface area contributed by atoms with Gasteiger partial charge in [-0.1, -0.05) is 30.3 Å². The summed E-state index contributed by atoms with van der Waals surface area (Å²) in [7, 11) is 0. The Morgan fingerprint density at radius 3 is 2.75 bits per heavy atom. The van der Waals surface area contributed by atoms with Crippen LogP contribution in [0.5, 0.6) is 0 Å². The molecule has 1 unspecified atom stereocenters. The smallest absolute Gasteiger partial charge is 0.317 e. The second-order valence-electron chi connectivity index (χ2n) is 6.14. The Morgan fingerprint density at radius 1 is 1.20 bits per heavy atom. The first-order chi connectivity index (χ1) is 9.72. The van der Waals surface area contributed by atoms with Crippen molar-refractivity contribution in [3.8, 4) is 0 Å². The van der Waals surface area contributed by atoms with E-state index in [1.54, 1.807) is 0 Å². The third-order valence-corrected chi connectivity index (χ3v) is 4.66. The highest BCUT2D eigenvalue weighted by molar-refractivity contribution is 5.74. The average Bonchev–Trinajstić information content (AvgIpc) is 2.89. The fourth-order valence-electron chi connectivity index (χ4n) is 3.52. The molecule has 2 fully saturated rings.